The van der Waals surface area contributed by atoms with Crippen LogP contribution in [0.2, 0.25) is 0 Å². The normalized spacial score (nSPS) is 16.6. The van der Waals surface area contributed by atoms with E-state index in [1.54, 1.807) is 12.1 Å². The smallest absolute Gasteiger partial charge is 0.191 e. The first-order valence-electron chi connectivity index (χ1n) is 10.5. The summed E-state index contributed by atoms with van der Waals surface area (Å²) in [6.07, 6.45) is 8.55. The van der Waals surface area contributed by atoms with Crippen molar-refractivity contribution >= 4 is 15.8 Å². The third kappa shape index (κ3) is 8.61. The predicted octanol–water partition coefficient (Wildman–Crippen LogP) is 2.45. The predicted molar refractivity (Wildman–Crippen MR) is 117 cm³/mol. The summed E-state index contributed by atoms with van der Waals surface area (Å²) in [6.45, 7) is 8.10. The van der Waals surface area contributed by atoms with Gasteiger partial charge >= 0.3 is 0 Å². The summed E-state index contributed by atoms with van der Waals surface area (Å²) in [7, 11) is -3.13. The van der Waals surface area contributed by atoms with Gasteiger partial charge in [-0.2, -0.15) is 0 Å². The maximum atomic E-state index is 11.5. The lowest BCUT2D eigenvalue weighted by Crippen LogP contribution is -2.38. The van der Waals surface area contributed by atoms with E-state index in [9.17, 15) is 8.42 Å². The lowest BCUT2D eigenvalue weighted by atomic mass is 10.1. The summed E-state index contributed by atoms with van der Waals surface area (Å²) in [5, 5.41) is 6.66. The zero-order valence-corrected chi connectivity index (χ0v) is 18.2. The van der Waals surface area contributed by atoms with E-state index in [0.29, 0.717) is 4.90 Å². The van der Waals surface area contributed by atoms with Crippen LogP contribution in [-0.2, 0) is 16.3 Å². The minimum absolute atomic E-state index is 0.364. The molecule has 0 bridgehead atoms. The molecule has 1 fully saturated rings. The molecule has 7 heteroatoms. The van der Waals surface area contributed by atoms with Crippen molar-refractivity contribution in [3.63, 3.8) is 0 Å². The molecule has 1 aliphatic rings. The number of nitrogens with one attached hydrogen (secondary N) is 2. The maximum absolute atomic E-state index is 11.5. The van der Waals surface area contributed by atoms with E-state index in [2.05, 4.69) is 27.4 Å². The summed E-state index contributed by atoms with van der Waals surface area (Å²) in [5.74, 6) is 0.853. The minimum atomic E-state index is -3.13. The number of likely N-dealkylation sites (tertiary alicyclic amines) is 1. The molecule has 0 aromatic heterocycles. The molecule has 1 aromatic carbocycles. The Morgan fingerprint density at radius 2 is 1.75 bits per heavy atom. The number of hydrogen-bond acceptors (Lipinski definition) is 4. The monoisotopic (exact) mass is 408 g/mol. The van der Waals surface area contributed by atoms with E-state index < -0.39 is 9.84 Å². The average Bonchev–Trinajstić information content (AvgIpc) is 2.94. The Kier molecular flexibility index (Phi) is 9.78. The lowest BCUT2D eigenvalue weighted by Gasteiger charge is -2.19. The van der Waals surface area contributed by atoms with Crippen molar-refractivity contribution in [2.75, 3.05) is 45.5 Å². The molecular formula is C21H36N4O2S. The van der Waals surface area contributed by atoms with Crippen LogP contribution in [0.5, 0.6) is 0 Å². The first-order valence-corrected chi connectivity index (χ1v) is 12.4. The molecule has 0 aliphatic carbocycles. The van der Waals surface area contributed by atoms with Gasteiger partial charge < -0.3 is 15.5 Å². The third-order valence-electron chi connectivity index (χ3n) is 5.00. The van der Waals surface area contributed by atoms with Crippen LogP contribution >= 0.6 is 0 Å². The van der Waals surface area contributed by atoms with Gasteiger partial charge in [0.05, 0.1) is 4.90 Å². The molecule has 158 valence electrons. The zero-order valence-electron chi connectivity index (χ0n) is 17.4. The molecular weight excluding hydrogens is 372 g/mol. The Bertz CT molecular complexity index is 694. The van der Waals surface area contributed by atoms with Gasteiger partial charge in [0.25, 0.3) is 0 Å². The SMILES string of the molecule is CCNC(=NCCCN1CCCCCC1)NCCc1ccc(S(C)(=O)=O)cc1. The minimum Gasteiger partial charge on any atom is -0.357 e. The molecule has 2 N–H and O–H groups in total. The Hall–Kier alpha value is -1.60. The van der Waals surface area contributed by atoms with Crippen molar-refractivity contribution in [1.82, 2.24) is 15.5 Å². The van der Waals surface area contributed by atoms with Crippen LogP contribution in [0, 0.1) is 0 Å². The quantitative estimate of drug-likeness (QED) is 0.373. The Morgan fingerprint density at radius 3 is 2.36 bits per heavy atom. The van der Waals surface area contributed by atoms with E-state index in [0.717, 1.165) is 50.5 Å². The molecule has 1 heterocycles. The van der Waals surface area contributed by atoms with Gasteiger partial charge in [0.1, 0.15) is 0 Å². The van der Waals surface area contributed by atoms with Crippen LogP contribution in [0.15, 0.2) is 34.2 Å². The number of benzene rings is 1. The van der Waals surface area contributed by atoms with E-state index in [1.165, 1.54) is 45.0 Å². The van der Waals surface area contributed by atoms with Gasteiger partial charge in [0.15, 0.2) is 15.8 Å². The van der Waals surface area contributed by atoms with Crippen LogP contribution in [0.25, 0.3) is 0 Å². The molecule has 0 spiro atoms. The van der Waals surface area contributed by atoms with Crippen LogP contribution in [0.4, 0.5) is 0 Å². The molecule has 6 nitrogen and oxygen atoms in total. The summed E-state index contributed by atoms with van der Waals surface area (Å²) >= 11 is 0. The largest absolute Gasteiger partial charge is 0.357 e. The van der Waals surface area contributed by atoms with E-state index >= 15 is 0 Å². The Morgan fingerprint density at radius 1 is 1.07 bits per heavy atom. The number of hydrogen-bond donors (Lipinski definition) is 2. The van der Waals surface area contributed by atoms with Crippen LogP contribution in [0.3, 0.4) is 0 Å². The second-order valence-corrected chi connectivity index (χ2v) is 9.48. The molecule has 2 rings (SSSR count). The molecule has 1 saturated heterocycles. The Labute approximate surface area is 170 Å². The van der Waals surface area contributed by atoms with E-state index in [-0.39, 0.29) is 0 Å². The van der Waals surface area contributed by atoms with Crippen molar-refractivity contribution in [2.24, 2.45) is 4.99 Å². The van der Waals surface area contributed by atoms with Crippen LogP contribution in [0.1, 0.15) is 44.6 Å². The van der Waals surface area contributed by atoms with E-state index in [4.69, 9.17) is 0 Å². The highest BCUT2D eigenvalue weighted by Crippen LogP contribution is 2.11. The second-order valence-electron chi connectivity index (χ2n) is 7.46. The van der Waals surface area contributed by atoms with Gasteiger partial charge in [-0.3, -0.25) is 4.99 Å². The topological polar surface area (TPSA) is 73.8 Å². The summed E-state index contributed by atoms with van der Waals surface area (Å²) in [6, 6.07) is 7.10. The Balaban J connectivity index is 1.73. The fourth-order valence-electron chi connectivity index (χ4n) is 3.42. The summed E-state index contributed by atoms with van der Waals surface area (Å²) in [5.41, 5.74) is 1.11. The summed E-state index contributed by atoms with van der Waals surface area (Å²) in [4.78, 5) is 7.62. The number of aliphatic imine (C=N–C) groups is 1. The van der Waals surface area contributed by atoms with Crippen molar-refractivity contribution < 1.29 is 8.42 Å². The standard InChI is InChI=1S/C21H36N4O2S/c1-3-22-21(23-14-8-18-25-16-6-4-5-7-17-25)24-15-13-19-9-11-20(12-10-19)28(2,26)27/h9-12H,3-8,13-18H2,1-2H3,(H2,22,23,24). The highest BCUT2D eigenvalue weighted by Gasteiger charge is 2.08. The van der Waals surface area contributed by atoms with Crippen LogP contribution < -0.4 is 10.6 Å². The number of sulfone groups is 1. The van der Waals surface area contributed by atoms with Gasteiger partial charge in [-0.05, 0) is 69.9 Å². The van der Waals surface area contributed by atoms with Gasteiger partial charge in [-0.15, -0.1) is 0 Å². The highest BCUT2D eigenvalue weighted by atomic mass is 32.2. The number of guanidine groups is 1. The average molecular weight is 409 g/mol. The van der Waals surface area contributed by atoms with Crippen molar-refractivity contribution in [3.05, 3.63) is 29.8 Å². The molecule has 28 heavy (non-hydrogen) atoms. The van der Waals surface area contributed by atoms with E-state index in [1.807, 2.05) is 12.1 Å². The third-order valence-corrected chi connectivity index (χ3v) is 6.13. The van der Waals surface area contributed by atoms with Gasteiger partial charge in [-0.1, -0.05) is 25.0 Å². The van der Waals surface area contributed by atoms with Crippen molar-refractivity contribution in [1.29, 1.82) is 0 Å². The molecule has 0 unspecified atom stereocenters. The molecule has 0 atom stereocenters. The molecule has 1 aliphatic heterocycles. The van der Waals surface area contributed by atoms with Crippen molar-refractivity contribution in [2.45, 2.75) is 50.3 Å². The fourth-order valence-corrected chi connectivity index (χ4v) is 4.05. The zero-order chi connectivity index (χ0) is 20.2. The fraction of sp³-hybridized carbons (Fsp3) is 0.667. The van der Waals surface area contributed by atoms with Gasteiger partial charge in [0, 0.05) is 25.9 Å². The lowest BCUT2D eigenvalue weighted by molar-refractivity contribution is 0.283. The maximum Gasteiger partial charge on any atom is 0.191 e. The van der Waals surface area contributed by atoms with Gasteiger partial charge in [0.2, 0.25) is 0 Å². The van der Waals surface area contributed by atoms with Crippen LogP contribution in [-0.4, -0.2) is 64.8 Å². The molecule has 0 radical (unpaired) electrons. The van der Waals surface area contributed by atoms with Gasteiger partial charge in [-0.25, -0.2) is 8.42 Å². The first kappa shape index (κ1) is 22.7. The first-order chi connectivity index (χ1) is 13.5. The molecule has 1 aromatic rings. The number of nitrogens with zero attached hydrogens (tertiary/aromatic N) is 2. The highest BCUT2D eigenvalue weighted by molar-refractivity contribution is 7.90. The van der Waals surface area contributed by atoms with Crippen molar-refractivity contribution in [3.8, 4) is 0 Å². The number of rotatable bonds is 9. The molecule has 0 amide bonds. The molecule has 0 saturated carbocycles. The second kappa shape index (κ2) is 12.1. The summed E-state index contributed by atoms with van der Waals surface area (Å²) < 4.78 is 23.0.